The van der Waals surface area contributed by atoms with E-state index in [4.69, 9.17) is 0 Å². The van der Waals surface area contributed by atoms with Crippen LogP contribution in [0.1, 0.15) is 98.8 Å². The Kier molecular flexibility index (Phi) is 5.32. The predicted molar refractivity (Wildman–Crippen MR) is 114 cm³/mol. The number of rotatable bonds is 4. The van der Waals surface area contributed by atoms with Crippen molar-refractivity contribution in [1.82, 2.24) is 0 Å². The quantitative estimate of drug-likeness (QED) is 0.527. The van der Waals surface area contributed by atoms with Gasteiger partial charge in [0.15, 0.2) is 0 Å². The molecule has 1 nitrogen and oxygen atoms in total. The molecule has 27 heavy (non-hydrogen) atoms. The molecule has 4 aliphatic rings. The van der Waals surface area contributed by atoms with Gasteiger partial charge in [0.1, 0.15) is 0 Å². The zero-order chi connectivity index (χ0) is 19.4. The summed E-state index contributed by atoms with van der Waals surface area (Å²) in [6.07, 6.45) is 15.7. The van der Waals surface area contributed by atoms with E-state index >= 15 is 0 Å². The van der Waals surface area contributed by atoms with Gasteiger partial charge in [-0.2, -0.15) is 0 Å². The fourth-order valence-corrected chi connectivity index (χ4v) is 8.41. The van der Waals surface area contributed by atoms with Crippen molar-refractivity contribution in [2.24, 2.45) is 46.3 Å². The second kappa shape index (κ2) is 7.19. The van der Waals surface area contributed by atoms with Crippen LogP contribution in [-0.4, -0.2) is 11.2 Å². The molecule has 3 saturated carbocycles. The first-order valence-electron chi connectivity index (χ1n) is 12.1. The van der Waals surface area contributed by atoms with Crippen molar-refractivity contribution < 1.29 is 5.11 Å². The number of fused-ring (bicyclic) bond motifs is 5. The lowest BCUT2D eigenvalue weighted by Crippen LogP contribution is -2.50. The third kappa shape index (κ3) is 3.24. The van der Waals surface area contributed by atoms with Gasteiger partial charge in [0.25, 0.3) is 0 Å². The lowest BCUT2D eigenvalue weighted by molar-refractivity contribution is -0.0574. The lowest BCUT2D eigenvalue weighted by Gasteiger charge is -2.58. The van der Waals surface area contributed by atoms with Gasteiger partial charge in [-0.05, 0) is 97.7 Å². The zero-order valence-electron chi connectivity index (χ0n) is 18.6. The van der Waals surface area contributed by atoms with Crippen LogP contribution in [0.3, 0.4) is 0 Å². The minimum atomic E-state index is -0.0765. The zero-order valence-corrected chi connectivity index (χ0v) is 18.6. The predicted octanol–water partition coefficient (Wildman–Crippen LogP) is 7.00. The molecule has 0 aliphatic heterocycles. The maximum absolute atomic E-state index is 10.2. The average molecular weight is 373 g/mol. The molecule has 4 rings (SSSR count). The monoisotopic (exact) mass is 372 g/mol. The molecule has 0 spiro atoms. The van der Waals surface area contributed by atoms with Gasteiger partial charge in [0.05, 0.1) is 6.10 Å². The Labute approximate surface area is 168 Å². The molecule has 0 aromatic carbocycles. The summed E-state index contributed by atoms with van der Waals surface area (Å²) in [5.41, 5.74) is 2.60. The van der Waals surface area contributed by atoms with Crippen LogP contribution in [0.2, 0.25) is 0 Å². The molecule has 0 radical (unpaired) electrons. The summed E-state index contributed by atoms with van der Waals surface area (Å²) in [4.78, 5) is 0. The first-order valence-corrected chi connectivity index (χ1v) is 12.1. The highest BCUT2D eigenvalue weighted by Crippen LogP contribution is 2.67. The third-order valence-electron chi connectivity index (χ3n) is 10.0. The van der Waals surface area contributed by atoms with Crippen LogP contribution in [-0.2, 0) is 0 Å². The van der Waals surface area contributed by atoms with Crippen molar-refractivity contribution >= 4 is 0 Å². The van der Waals surface area contributed by atoms with Gasteiger partial charge < -0.3 is 5.11 Å². The number of aliphatic hydroxyl groups excluding tert-OH is 1. The van der Waals surface area contributed by atoms with Crippen LogP contribution < -0.4 is 0 Å². The summed E-state index contributed by atoms with van der Waals surface area (Å²) < 4.78 is 0. The molecular weight excluding hydrogens is 328 g/mol. The van der Waals surface area contributed by atoms with Crippen LogP contribution in [0.4, 0.5) is 0 Å². The lowest BCUT2D eigenvalue weighted by atomic mass is 9.47. The second-order valence-corrected chi connectivity index (χ2v) is 11.8. The summed E-state index contributed by atoms with van der Waals surface area (Å²) in [7, 11) is 0. The first-order chi connectivity index (χ1) is 12.8. The van der Waals surface area contributed by atoms with E-state index in [0.717, 1.165) is 48.3 Å². The van der Waals surface area contributed by atoms with E-state index in [2.05, 4.69) is 40.7 Å². The van der Waals surface area contributed by atoms with Crippen LogP contribution >= 0.6 is 0 Å². The Bertz CT molecular complexity index is 577. The van der Waals surface area contributed by atoms with Crippen molar-refractivity contribution in [3.8, 4) is 0 Å². The van der Waals surface area contributed by atoms with Gasteiger partial charge in [0.2, 0.25) is 0 Å². The van der Waals surface area contributed by atoms with Crippen LogP contribution in [0.15, 0.2) is 11.6 Å². The molecule has 0 aromatic rings. The van der Waals surface area contributed by atoms with Gasteiger partial charge in [-0.15, -0.1) is 0 Å². The molecule has 0 bridgehead atoms. The number of hydrogen-bond acceptors (Lipinski definition) is 1. The Morgan fingerprint density at radius 3 is 2.52 bits per heavy atom. The maximum Gasteiger partial charge on any atom is 0.0577 e. The molecule has 1 N–H and O–H groups in total. The van der Waals surface area contributed by atoms with Gasteiger partial charge in [-0.25, -0.2) is 0 Å². The molecule has 0 aromatic heterocycles. The largest absolute Gasteiger partial charge is 0.393 e. The van der Waals surface area contributed by atoms with Gasteiger partial charge >= 0.3 is 0 Å². The standard InChI is InChI=1S/C26H44O/c1-17(2)6-7-18(3)22-10-11-23-21-9-8-19-16-20(27)12-14-25(19,4)24(21)13-15-26(22,23)5/h8,17-18,20-24,27H,6-7,9-16H2,1-5H3/t18-,20+,21+,22?,23+,24+,25+,26-/m1/s1. The summed E-state index contributed by atoms with van der Waals surface area (Å²) >= 11 is 0. The third-order valence-corrected chi connectivity index (χ3v) is 10.0. The second-order valence-electron chi connectivity index (χ2n) is 11.8. The van der Waals surface area contributed by atoms with Crippen molar-refractivity contribution in [2.45, 2.75) is 105 Å². The molecule has 0 amide bonds. The average Bonchev–Trinajstić information content (AvgIpc) is 2.97. The van der Waals surface area contributed by atoms with E-state index < -0.39 is 0 Å². The smallest absolute Gasteiger partial charge is 0.0577 e. The van der Waals surface area contributed by atoms with E-state index in [1.54, 1.807) is 5.57 Å². The van der Waals surface area contributed by atoms with Crippen molar-refractivity contribution in [3.05, 3.63) is 11.6 Å². The maximum atomic E-state index is 10.2. The number of allylic oxidation sites excluding steroid dienone is 1. The van der Waals surface area contributed by atoms with E-state index in [-0.39, 0.29) is 6.10 Å². The van der Waals surface area contributed by atoms with Crippen molar-refractivity contribution in [3.63, 3.8) is 0 Å². The van der Waals surface area contributed by atoms with Gasteiger partial charge in [-0.1, -0.05) is 59.1 Å². The fraction of sp³-hybridized carbons (Fsp3) is 0.923. The molecule has 1 unspecified atom stereocenters. The van der Waals surface area contributed by atoms with Gasteiger partial charge in [-0.3, -0.25) is 0 Å². The van der Waals surface area contributed by atoms with E-state index in [0.29, 0.717) is 10.8 Å². The Morgan fingerprint density at radius 1 is 1.00 bits per heavy atom. The van der Waals surface area contributed by atoms with E-state index in [1.165, 1.54) is 51.4 Å². The topological polar surface area (TPSA) is 20.2 Å². The number of hydrogen-bond donors (Lipinski definition) is 1. The Balaban J connectivity index is 1.53. The molecule has 0 heterocycles. The highest BCUT2D eigenvalue weighted by atomic mass is 16.3. The minimum Gasteiger partial charge on any atom is -0.393 e. The van der Waals surface area contributed by atoms with Gasteiger partial charge in [0, 0.05) is 0 Å². The summed E-state index contributed by atoms with van der Waals surface area (Å²) in [5.74, 6) is 5.44. The first kappa shape index (κ1) is 20.0. The molecule has 8 atom stereocenters. The summed E-state index contributed by atoms with van der Waals surface area (Å²) in [6, 6.07) is 0. The normalized spacial score (nSPS) is 47.8. The SMILES string of the molecule is CC(C)CC[C@@H](C)C1CC[C@H]2[C@@H]3CC=C4C[C@@H](O)CC[C@]4(C)[C@H]3CC[C@]12C. The van der Waals surface area contributed by atoms with Crippen LogP contribution in [0, 0.1) is 46.3 Å². The molecule has 3 fully saturated rings. The highest BCUT2D eigenvalue weighted by Gasteiger charge is 2.59. The summed E-state index contributed by atoms with van der Waals surface area (Å²) in [5, 5.41) is 10.2. The summed E-state index contributed by atoms with van der Waals surface area (Å²) in [6.45, 7) is 12.6. The highest BCUT2D eigenvalue weighted by molar-refractivity contribution is 5.25. The Morgan fingerprint density at radius 2 is 1.78 bits per heavy atom. The van der Waals surface area contributed by atoms with Crippen LogP contribution in [0.5, 0.6) is 0 Å². The van der Waals surface area contributed by atoms with Crippen molar-refractivity contribution in [1.29, 1.82) is 0 Å². The Hall–Kier alpha value is -0.300. The molecule has 1 heteroatoms. The molecule has 154 valence electrons. The van der Waals surface area contributed by atoms with E-state index in [1.807, 2.05) is 0 Å². The molecule has 0 saturated heterocycles. The van der Waals surface area contributed by atoms with Crippen molar-refractivity contribution in [2.75, 3.05) is 0 Å². The van der Waals surface area contributed by atoms with Crippen LogP contribution in [0.25, 0.3) is 0 Å². The number of aliphatic hydroxyl groups is 1. The fourth-order valence-electron chi connectivity index (χ4n) is 8.41. The molecular formula is C26H44O. The minimum absolute atomic E-state index is 0.0765. The molecule has 4 aliphatic carbocycles. The van der Waals surface area contributed by atoms with E-state index in [9.17, 15) is 5.11 Å².